The van der Waals surface area contributed by atoms with Crippen LogP contribution in [0, 0.1) is 0 Å². The molecule has 0 saturated carbocycles. The average molecular weight is 252 g/mol. The van der Waals surface area contributed by atoms with Gasteiger partial charge in [0, 0.05) is 0 Å². The first kappa shape index (κ1) is 109. The van der Waals surface area contributed by atoms with Crippen LogP contribution in [0.15, 0.2) is 0 Å². The average Bonchev–Trinajstić information content (AvgIpc) is 0.722. The minimum atomic E-state index is -4.61. The van der Waals surface area contributed by atoms with E-state index >= 15 is 0 Å². The van der Waals surface area contributed by atoms with Gasteiger partial charge in [-0.25, -0.2) is 0 Å². The van der Waals surface area contributed by atoms with Gasteiger partial charge in [0.2, 0.25) is 0 Å². The molecule has 0 aromatic carbocycles. The lowest BCUT2D eigenvalue weighted by molar-refractivity contribution is 0.117. The molecule has 13 heteroatoms. The van der Waals surface area contributed by atoms with Gasteiger partial charge < -0.3 is 57.5 Å². The summed E-state index contributed by atoms with van der Waals surface area (Å²) in [6, 6.07) is 0. The van der Waals surface area contributed by atoms with E-state index in [1.807, 2.05) is 0 Å². The Hall–Kier alpha value is 0.309. The normalized spacial score (nSPS) is 4.62. The fraction of sp³-hybridized carbons (Fsp3) is 0. The zero-order valence-corrected chi connectivity index (χ0v) is 6.79. The van der Waals surface area contributed by atoms with E-state index in [1.54, 1.807) is 0 Å². The minimum absolute atomic E-state index is 0. The Kier molecular flexibility index (Phi) is 330. The zero-order chi connectivity index (χ0) is 4.50. The van der Waals surface area contributed by atoms with E-state index < -0.39 is 9.05 Å². The van der Waals surface area contributed by atoms with Gasteiger partial charge >= 0.3 is 9.05 Å². The van der Waals surface area contributed by atoms with Gasteiger partial charge in [0.1, 0.15) is 0 Å². The molecule has 0 atom stereocenters. The predicted octanol–water partition coefficient (Wildman–Crippen LogP) is -9.57. The van der Waals surface area contributed by atoms with Crippen LogP contribution in [0.3, 0.4) is 0 Å². The zero-order valence-electron chi connectivity index (χ0n) is 5.79. The van der Waals surface area contributed by atoms with Gasteiger partial charge in [0.15, 0.2) is 17.4 Å². The van der Waals surface area contributed by atoms with E-state index in [2.05, 4.69) is 0 Å². The Morgan fingerprint density at radius 1 is 0.462 bits per heavy atom. The maximum absolute atomic E-state index is 7.33. The lowest BCUT2D eigenvalue weighted by Crippen LogP contribution is -2.33. The second-order valence-corrected chi connectivity index (χ2v) is 1.80. The monoisotopic (exact) mass is 252 g/mol. The fourth-order valence-electron chi connectivity index (χ4n) is 0. The first-order chi connectivity index (χ1) is 2.00. The standard InChI is InChI=1S/Al.H4O4Si.7H2O.3H/c;1-5(2,3)4;;;;;;;;;;/h;1-4H;7*1H2;;;. The van der Waals surface area contributed by atoms with E-state index in [0.717, 1.165) is 0 Å². The highest BCUT2D eigenvalue weighted by Crippen LogP contribution is 1.67. The quantitative estimate of drug-likeness (QED) is 0.305. The van der Waals surface area contributed by atoms with Crippen LogP contribution in [0.25, 0.3) is 0 Å². The molecule has 0 bridgehead atoms. The lowest BCUT2D eigenvalue weighted by Gasteiger charge is -1.91. The SMILES string of the molecule is O.O.O.O.O.O.O.O[Si](O)(O)O.[AlH3]. The van der Waals surface area contributed by atoms with Crippen molar-refractivity contribution in [3.8, 4) is 0 Å². The Morgan fingerprint density at radius 2 is 0.462 bits per heavy atom. The summed E-state index contributed by atoms with van der Waals surface area (Å²) in [6.45, 7) is 0. The summed E-state index contributed by atoms with van der Waals surface area (Å²) in [5.74, 6) is 0. The van der Waals surface area contributed by atoms with Gasteiger partial charge in [-0.2, -0.15) is 0 Å². The molecule has 0 aromatic heterocycles. The molecule has 0 fully saturated rings. The largest absolute Gasteiger partial charge is 0.668 e. The third-order valence-electron chi connectivity index (χ3n) is 0. The van der Waals surface area contributed by atoms with Crippen molar-refractivity contribution in [2.24, 2.45) is 0 Å². The van der Waals surface area contributed by atoms with E-state index in [9.17, 15) is 0 Å². The van der Waals surface area contributed by atoms with Crippen LogP contribution in [0.4, 0.5) is 0 Å². The molecule has 0 unspecified atom stereocenters. The topological polar surface area (TPSA) is 301 Å². The van der Waals surface area contributed by atoms with E-state index in [1.165, 1.54) is 0 Å². The van der Waals surface area contributed by atoms with Crippen molar-refractivity contribution >= 4 is 26.4 Å². The molecule has 11 nitrogen and oxygen atoms in total. The number of hydrogen-bond acceptors (Lipinski definition) is 4. The molecule has 0 heterocycles. The van der Waals surface area contributed by atoms with Crippen molar-refractivity contribution in [2.45, 2.75) is 0 Å². The van der Waals surface area contributed by atoms with Gasteiger partial charge in [-0.1, -0.05) is 0 Å². The van der Waals surface area contributed by atoms with Crippen molar-refractivity contribution in [2.75, 3.05) is 0 Å². The van der Waals surface area contributed by atoms with Gasteiger partial charge in [-0.05, 0) is 0 Å². The van der Waals surface area contributed by atoms with Crippen LogP contribution in [0.1, 0.15) is 0 Å². The summed E-state index contributed by atoms with van der Waals surface area (Å²) in [4.78, 5) is 29.3. The molecule has 18 N–H and O–H groups in total. The van der Waals surface area contributed by atoms with Crippen LogP contribution in [-0.2, 0) is 0 Å². The van der Waals surface area contributed by atoms with E-state index in [-0.39, 0.29) is 55.7 Å². The van der Waals surface area contributed by atoms with Gasteiger partial charge in [0.25, 0.3) is 0 Å². The molecule has 0 spiro atoms. The van der Waals surface area contributed by atoms with Crippen molar-refractivity contribution in [3.05, 3.63) is 0 Å². The van der Waals surface area contributed by atoms with Gasteiger partial charge in [-0.15, -0.1) is 0 Å². The Morgan fingerprint density at radius 3 is 0.462 bits per heavy atom. The molecule has 0 amide bonds. The number of hydrogen-bond donors (Lipinski definition) is 4. The third kappa shape index (κ3) is 13700. The number of rotatable bonds is 0. The van der Waals surface area contributed by atoms with Crippen LogP contribution < -0.4 is 0 Å². The van der Waals surface area contributed by atoms with Crippen molar-refractivity contribution < 1.29 is 57.5 Å². The maximum atomic E-state index is 7.33. The van der Waals surface area contributed by atoms with Crippen molar-refractivity contribution in [3.63, 3.8) is 0 Å². The minimum Gasteiger partial charge on any atom is -0.412 e. The van der Waals surface area contributed by atoms with E-state index in [0.29, 0.717) is 0 Å². The molecule has 0 aromatic rings. The van der Waals surface area contributed by atoms with Crippen LogP contribution in [0.2, 0.25) is 0 Å². The van der Waals surface area contributed by atoms with Crippen LogP contribution in [0.5, 0.6) is 0 Å². The van der Waals surface area contributed by atoms with Gasteiger partial charge in [0.05, 0.1) is 0 Å². The molecule has 13 heavy (non-hydrogen) atoms. The van der Waals surface area contributed by atoms with Crippen molar-refractivity contribution in [1.29, 1.82) is 0 Å². The smallest absolute Gasteiger partial charge is 0.412 e. The molecule has 0 aliphatic carbocycles. The molecule has 0 radical (unpaired) electrons. The van der Waals surface area contributed by atoms with Crippen LogP contribution >= 0.6 is 0 Å². The summed E-state index contributed by atoms with van der Waals surface area (Å²) in [7, 11) is -4.61. The van der Waals surface area contributed by atoms with Crippen LogP contribution in [-0.4, -0.2) is 83.9 Å². The summed E-state index contributed by atoms with van der Waals surface area (Å²) < 4.78 is 0. The summed E-state index contributed by atoms with van der Waals surface area (Å²) in [5, 5.41) is 0. The van der Waals surface area contributed by atoms with E-state index in [4.69, 9.17) is 19.2 Å². The maximum Gasteiger partial charge on any atom is 0.668 e. The second-order valence-electron chi connectivity index (χ2n) is 0.600. The highest BCUT2D eigenvalue weighted by atomic mass is 28.4. The first-order valence-corrected chi connectivity index (χ1v) is 2.68. The second kappa shape index (κ2) is 39.5. The highest BCUT2D eigenvalue weighted by molar-refractivity contribution is 6.46. The van der Waals surface area contributed by atoms with Crippen molar-refractivity contribution in [1.82, 2.24) is 0 Å². The predicted molar refractivity (Wildman–Crippen MR) is 49.9 cm³/mol. The fourth-order valence-corrected chi connectivity index (χ4v) is 0. The third-order valence-corrected chi connectivity index (χ3v) is 0. The summed E-state index contributed by atoms with van der Waals surface area (Å²) >= 11 is 0. The first-order valence-electron chi connectivity index (χ1n) is 0.894. The summed E-state index contributed by atoms with van der Waals surface area (Å²) in [6.07, 6.45) is 0. The molecular weight excluding hydrogens is 231 g/mol. The summed E-state index contributed by atoms with van der Waals surface area (Å²) in [5.41, 5.74) is 0. The molecular formula is H21AlO11Si. The molecule has 0 aliphatic rings. The Labute approximate surface area is 84.7 Å². The molecule has 0 saturated heterocycles. The highest BCUT2D eigenvalue weighted by Gasteiger charge is 2.22. The molecule has 94 valence electrons. The molecule has 0 aliphatic heterocycles. The molecule has 0 rings (SSSR count). The Balaban J connectivity index is -0.00000000286. The van der Waals surface area contributed by atoms with Gasteiger partial charge in [-0.3, -0.25) is 0 Å². The Bertz CT molecular complexity index is 25.6. The lowest BCUT2D eigenvalue weighted by atomic mass is 15.7.